The highest BCUT2D eigenvalue weighted by molar-refractivity contribution is 7.10. The fourth-order valence-electron chi connectivity index (χ4n) is 4.63. The van der Waals surface area contributed by atoms with Crippen LogP contribution in [0.15, 0.2) is 64.3 Å². The van der Waals surface area contributed by atoms with Crippen LogP contribution in [0.5, 0.6) is 5.75 Å². The molecule has 0 amide bonds. The summed E-state index contributed by atoms with van der Waals surface area (Å²) in [6.07, 6.45) is 3.14. The molecule has 0 fully saturated rings. The quantitative estimate of drug-likeness (QED) is 0.447. The standard InChI is InChI=1S/C26H29NO4S/c1-4-5-12-31-21-10-7-6-9-18(21)24-23(26(29)30-3)16(2)27-19-14-17(15-20(28)25(19)24)22-11-8-13-32-22/h6-11,13,17,24,27H,4-5,12,14-15H2,1-3H3/t17-,24-/m1/s1. The second-order valence-corrected chi connectivity index (χ2v) is 9.24. The Morgan fingerprint density at radius 1 is 1.19 bits per heavy atom. The van der Waals surface area contributed by atoms with Gasteiger partial charge in [0.05, 0.1) is 25.2 Å². The molecular weight excluding hydrogens is 422 g/mol. The van der Waals surface area contributed by atoms with Crippen molar-refractivity contribution in [1.82, 2.24) is 5.32 Å². The molecule has 2 atom stereocenters. The first kappa shape index (κ1) is 22.3. The molecule has 32 heavy (non-hydrogen) atoms. The van der Waals surface area contributed by atoms with Crippen molar-refractivity contribution in [2.24, 2.45) is 0 Å². The van der Waals surface area contributed by atoms with E-state index in [-0.39, 0.29) is 11.7 Å². The predicted molar refractivity (Wildman–Crippen MR) is 126 cm³/mol. The number of carbonyl (C=O) groups is 2. The Morgan fingerprint density at radius 2 is 2.00 bits per heavy atom. The number of allylic oxidation sites excluding steroid dienone is 3. The lowest BCUT2D eigenvalue weighted by atomic mass is 9.72. The first-order valence-corrected chi connectivity index (χ1v) is 12.0. The lowest BCUT2D eigenvalue weighted by molar-refractivity contribution is -0.136. The van der Waals surface area contributed by atoms with Gasteiger partial charge in [0, 0.05) is 39.7 Å². The second kappa shape index (κ2) is 9.74. The van der Waals surface area contributed by atoms with E-state index in [1.807, 2.05) is 42.6 Å². The van der Waals surface area contributed by atoms with Crippen LogP contribution in [-0.2, 0) is 14.3 Å². The van der Waals surface area contributed by atoms with Gasteiger partial charge in [0.25, 0.3) is 0 Å². The van der Waals surface area contributed by atoms with Crippen LogP contribution in [0.3, 0.4) is 0 Å². The lowest BCUT2D eigenvalue weighted by Crippen LogP contribution is -2.36. The zero-order chi connectivity index (χ0) is 22.7. The van der Waals surface area contributed by atoms with Gasteiger partial charge in [0.1, 0.15) is 5.75 Å². The number of Topliss-reactive ketones (excluding diaryl/α,β-unsaturated/α-hetero) is 1. The molecule has 1 aromatic heterocycles. The fourth-order valence-corrected chi connectivity index (χ4v) is 5.46. The van der Waals surface area contributed by atoms with Gasteiger partial charge >= 0.3 is 5.97 Å². The minimum atomic E-state index is -0.506. The summed E-state index contributed by atoms with van der Waals surface area (Å²) in [6.45, 7) is 4.59. The Morgan fingerprint density at radius 3 is 2.72 bits per heavy atom. The summed E-state index contributed by atoms with van der Waals surface area (Å²) < 4.78 is 11.2. The smallest absolute Gasteiger partial charge is 0.336 e. The monoisotopic (exact) mass is 451 g/mol. The van der Waals surface area contributed by atoms with E-state index >= 15 is 0 Å². The molecule has 0 spiro atoms. The molecule has 1 aliphatic carbocycles. The second-order valence-electron chi connectivity index (χ2n) is 8.26. The van der Waals surface area contributed by atoms with Crippen molar-refractivity contribution < 1.29 is 19.1 Å². The number of benzene rings is 1. The topological polar surface area (TPSA) is 64.6 Å². The van der Waals surface area contributed by atoms with Gasteiger partial charge in [-0.2, -0.15) is 0 Å². The van der Waals surface area contributed by atoms with Gasteiger partial charge in [-0.25, -0.2) is 4.79 Å². The summed E-state index contributed by atoms with van der Waals surface area (Å²) in [5, 5.41) is 5.43. The molecule has 0 saturated carbocycles. The number of dihydropyridines is 1. The molecule has 2 aromatic rings. The number of hydrogen-bond acceptors (Lipinski definition) is 6. The third kappa shape index (κ3) is 4.24. The molecule has 1 aromatic carbocycles. The van der Waals surface area contributed by atoms with E-state index in [1.165, 1.54) is 12.0 Å². The normalized spacial score (nSPS) is 20.7. The molecule has 2 heterocycles. The molecule has 0 unspecified atom stereocenters. The Hall–Kier alpha value is -2.86. The molecule has 2 aliphatic rings. The predicted octanol–water partition coefficient (Wildman–Crippen LogP) is 5.46. The molecule has 1 N–H and O–H groups in total. The van der Waals surface area contributed by atoms with E-state index in [9.17, 15) is 9.59 Å². The van der Waals surface area contributed by atoms with Gasteiger partial charge in [-0.1, -0.05) is 37.6 Å². The maximum Gasteiger partial charge on any atom is 0.336 e. The van der Waals surface area contributed by atoms with Crippen molar-refractivity contribution in [3.8, 4) is 5.75 Å². The highest BCUT2D eigenvalue weighted by atomic mass is 32.1. The average molecular weight is 452 g/mol. The van der Waals surface area contributed by atoms with Crippen LogP contribution in [0.25, 0.3) is 0 Å². The number of unbranched alkanes of at least 4 members (excludes halogenated alkanes) is 1. The summed E-state index contributed by atoms with van der Waals surface area (Å²) in [5.74, 6) is -0.00386. The number of esters is 1. The minimum absolute atomic E-state index is 0.0689. The third-order valence-corrected chi connectivity index (χ3v) is 7.20. The summed E-state index contributed by atoms with van der Waals surface area (Å²) in [6, 6.07) is 11.8. The molecule has 4 rings (SSSR count). The fraction of sp³-hybridized carbons (Fsp3) is 0.385. The lowest BCUT2D eigenvalue weighted by Gasteiger charge is -2.36. The van der Waals surface area contributed by atoms with Crippen LogP contribution in [0.1, 0.15) is 61.8 Å². The first-order chi connectivity index (χ1) is 15.5. The number of ether oxygens (including phenoxy) is 2. The number of ketones is 1. The molecular formula is C26H29NO4S. The molecule has 6 heteroatoms. The van der Waals surface area contributed by atoms with E-state index in [0.717, 1.165) is 36.2 Å². The first-order valence-electron chi connectivity index (χ1n) is 11.1. The van der Waals surface area contributed by atoms with Crippen molar-refractivity contribution in [3.63, 3.8) is 0 Å². The molecule has 1 aliphatic heterocycles. The zero-order valence-corrected chi connectivity index (χ0v) is 19.6. The minimum Gasteiger partial charge on any atom is -0.493 e. The van der Waals surface area contributed by atoms with Gasteiger partial charge in [0.15, 0.2) is 5.78 Å². The Bertz CT molecular complexity index is 1070. The van der Waals surface area contributed by atoms with Crippen LogP contribution < -0.4 is 10.1 Å². The highest BCUT2D eigenvalue weighted by Gasteiger charge is 2.42. The number of methoxy groups -OCH3 is 1. The van der Waals surface area contributed by atoms with Crippen LogP contribution >= 0.6 is 11.3 Å². The summed E-state index contributed by atoms with van der Waals surface area (Å²) in [7, 11) is 1.38. The summed E-state index contributed by atoms with van der Waals surface area (Å²) in [4.78, 5) is 27.6. The summed E-state index contributed by atoms with van der Waals surface area (Å²) in [5.41, 5.74) is 3.60. The van der Waals surface area contributed by atoms with Crippen LogP contribution in [0, 0.1) is 0 Å². The molecule has 5 nitrogen and oxygen atoms in total. The number of hydrogen-bond donors (Lipinski definition) is 1. The highest BCUT2D eigenvalue weighted by Crippen LogP contribution is 2.48. The van der Waals surface area contributed by atoms with E-state index in [0.29, 0.717) is 29.9 Å². The number of para-hydroxylation sites is 1. The maximum atomic E-state index is 13.5. The van der Waals surface area contributed by atoms with E-state index in [4.69, 9.17) is 9.47 Å². The molecule has 0 saturated heterocycles. The van der Waals surface area contributed by atoms with Crippen molar-refractivity contribution >= 4 is 23.1 Å². The van der Waals surface area contributed by atoms with Gasteiger partial charge in [0.2, 0.25) is 0 Å². The third-order valence-electron chi connectivity index (χ3n) is 6.16. The molecule has 168 valence electrons. The Balaban J connectivity index is 1.81. The van der Waals surface area contributed by atoms with Gasteiger partial charge in [-0.3, -0.25) is 4.79 Å². The molecule has 0 radical (unpaired) electrons. The van der Waals surface area contributed by atoms with E-state index < -0.39 is 11.9 Å². The van der Waals surface area contributed by atoms with Gasteiger partial charge < -0.3 is 14.8 Å². The van der Waals surface area contributed by atoms with Crippen LogP contribution in [-0.4, -0.2) is 25.5 Å². The van der Waals surface area contributed by atoms with Gasteiger partial charge in [-0.15, -0.1) is 11.3 Å². The summed E-state index contributed by atoms with van der Waals surface area (Å²) >= 11 is 1.68. The number of rotatable bonds is 7. The number of carbonyl (C=O) groups excluding carboxylic acids is 2. The van der Waals surface area contributed by atoms with Crippen LogP contribution in [0.4, 0.5) is 0 Å². The van der Waals surface area contributed by atoms with Crippen molar-refractivity contribution in [3.05, 3.63) is 74.8 Å². The van der Waals surface area contributed by atoms with Gasteiger partial charge in [-0.05, 0) is 37.3 Å². The average Bonchev–Trinajstić information content (AvgIpc) is 3.33. The Labute approximate surface area is 193 Å². The zero-order valence-electron chi connectivity index (χ0n) is 18.8. The SMILES string of the molecule is CCCCOc1ccccc1[C@@H]1C(C(=O)OC)=C(C)NC2=C1C(=O)C[C@H](c1cccs1)C2. The van der Waals surface area contributed by atoms with Crippen molar-refractivity contribution in [2.75, 3.05) is 13.7 Å². The number of nitrogens with one attached hydrogen (secondary N) is 1. The van der Waals surface area contributed by atoms with E-state index in [2.05, 4.69) is 18.3 Å². The van der Waals surface area contributed by atoms with Crippen molar-refractivity contribution in [1.29, 1.82) is 0 Å². The maximum absolute atomic E-state index is 13.5. The number of thiophene rings is 1. The van der Waals surface area contributed by atoms with Crippen molar-refractivity contribution in [2.45, 2.75) is 51.4 Å². The van der Waals surface area contributed by atoms with Crippen LogP contribution in [0.2, 0.25) is 0 Å². The van der Waals surface area contributed by atoms with E-state index in [1.54, 1.807) is 11.3 Å². The molecule has 0 bridgehead atoms. The Kier molecular flexibility index (Phi) is 6.80. The largest absolute Gasteiger partial charge is 0.493 e.